The first-order chi connectivity index (χ1) is 12.8. The van der Waals surface area contributed by atoms with Crippen LogP contribution in [0.2, 0.25) is 0 Å². The van der Waals surface area contributed by atoms with Crippen molar-refractivity contribution in [2.45, 2.75) is 20.8 Å². The molecule has 0 N–H and O–H groups in total. The fourth-order valence-electron chi connectivity index (χ4n) is 3.06. The average molecular weight is 388 g/mol. The summed E-state index contributed by atoms with van der Waals surface area (Å²) in [5.41, 5.74) is 2.05. The minimum absolute atomic E-state index is 0.0866. The number of hydrogen-bond donors (Lipinski definition) is 0. The highest BCUT2D eigenvalue weighted by molar-refractivity contribution is 7.12. The van der Waals surface area contributed by atoms with Crippen LogP contribution in [-0.2, 0) is 11.8 Å². The number of carbonyl (C=O) groups excluding carboxylic acids is 3. The molecule has 0 aliphatic rings. The van der Waals surface area contributed by atoms with Gasteiger partial charge in [0.1, 0.15) is 5.69 Å². The smallest absolute Gasteiger partial charge is 0.355 e. The lowest BCUT2D eigenvalue weighted by Gasteiger charge is -2.20. The topological polar surface area (TPSA) is 68.6 Å². The molecule has 2 aromatic rings. The molecule has 0 atom stereocenters. The molecule has 0 saturated carbocycles. The lowest BCUT2D eigenvalue weighted by Crippen LogP contribution is -2.35. The van der Waals surface area contributed by atoms with Gasteiger partial charge >= 0.3 is 5.97 Å². The van der Waals surface area contributed by atoms with E-state index in [0.29, 0.717) is 27.4 Å². The zero-order chi connectivity index (χ0) is 20.1. The quantitative estimate of drug-likeness (QED) is 0.395. The summed E-state index contributed by atoms with van der Waals surface area (Å²) in [6.07, 6.45) is 1.59. The van der Waals surface area contributed by atoms with Crippen molar-refractivity contribution in [1.82, 2.24) is 9.47 Å². The van der Waals surface area contributed by atoms with E-state index in [0.717, 1.165) is 0 Å². The van der Waals surface area contributed by atoms with Crippen molar-refractivity contribution in [3.63, 3.8) is 0 Å². The van der Waals surface area contributed by atoms with E-state index in [-0.39, 0.29) is 31.4 Å². The van der Waals surface area contributed by atoms with Gasteiger partial charge in [-0.3, -0.25) is 9.59 Å². The number of aromatic nitrogens is 1. The predicted molar refractivity (Wildman–Crippen MR) is 106 cm³/mol. The summed E-state index contributed by atoms with van der Waals surface area (Å²) in [4.78, 5) is 39.9. The maximum absolute atomic E-state index is 13.0. The Morgan fingerprint density at radius 1 is 1.33 bits per heavy atom. The highest BCUT2D eigenvalue weighted by Gasteiger charge is 2.27. The molecule has 6 nitrogen and oxygen atoms in total. The molecule has 0 fully saturated rings. The molecule has 0 aliphatic heterocycles. The number of esters is 1. The minimum atomic E-state index is -0.461. The molecule has 0 unspecified atom stereocenters. The number of nitrogens with zero attached hydrogens (tertiary/aromatic N) is 2. The van der Waals surface area contributed by atoms with Gasteiger partial charge in [0.05, 0.1) is 18.0 Å². The lowest BCUT2D eigenvalue weighted by molar-refractivity contribution is 0.0514. The summed E-state index contributed by atoms with van der Waals surface area (Å²) in [7, 11) is 1.73. The maximum atomic E-state index is 13.0. The monoisotopic (exact) mass is 388 g/mol. The van der Waals surface area contributed by atoms with Gasteiger partial charge in [0.25, 0.3) is 5.91 Å². The number of ether oxygens (including phenoxy) is 1. The van der Waals surface area contributed by atoms with Crippen LogP contribution in [0.4, 0.5) is 0 Å². The Bertz CT molecular complexity index is 865. The van der Waals surface area contributed by atoms with Gasteiger partial charge in [0.15, 0.2) is 5.78 Å². The van der Waals surface area contributed by atoms with Crippen molar-refractivity contribution in [3.8, 4) is 0 Å². The summed E-state index contributed by atoms with van der Waals surface area (Å²) in [6.45, 7) is 9.35. The Hall–Kier alpha value is -2.67. The molecule has 2 rings (SSSR count). The molecule has 0 bridgehead atoms. The number of hydrogen-bond acceptors (Lipinski definition) is 5. The van der Waals surface area contributed by atoms with E-state index >= 15 is 0 Å². The van der Waals surface area contributed by atoms with E-state index in [9.17, 15) is 14.4 Å². The summed E-state index contributed by atoms with van der Waals surface area (Å²) < 4.78 is 6.76. The van der Waals surface area contributed by atoms with Crippen LogP contribution >= 0.6 is 11.3 Å². The first kappa shape index (κ1) is 20.6. The number of ketones is 1. The molecule has 0 aliphatic carbocycles. The second-order valence-electron chi connectivity index (χ2n) is 6.09. The standard InChI is InChI=1S/C20H24N2O4S/c1-6-10-22(19(24)16-9-8-11-27-16)12-15(23)17-13(3)18(20(25)26-7-2)21(5)14(17)4/h6,8-9,11H,1,7,10,12H2,2-5H3. The molecular formula is C20H24N2O4S. The maximum Gasteiger partial charge on any atom is 0.355 e. The van der Waals surface area contributed by atoms with Crippen LogP contribution in [0.15, 0.2) is 30.2 Å². The van der Waals surface area contributed by atoms with Gasteiger partial charge < -0.3 is 14.2 Å². The largest absolute Gasteiger partial charge is 0.461 e. The van der Waals surface area contributed by atoms with Crippen molar-refractivity contribution in [3.05, 3.63) is 57.6 Å². The third-order valence-electron chi connectivity index (χ3n) is 4.38. The SMILES string of the molecule is C=CCN(CC(=O)c1c(C)c(C(=O)OCC)n(C)c1C)C(=O)c1cccs1. The normalized spacial score (nSPS) is 10.5. The van der Waals surface area contributed by atoms with Crippen molar-refractivity contribution >= 4 is 29.0 Å². The van der Waals surface area contributed by atoms with E-state index in [1.807, 2.05) is 5.38 Å². The van der Waals surface area contributed by atoms with E-state index in [2.05, 4.69) is 6.58 Å². The molecule has 0 radical (unpaired) electrons. The Labute approximate surface area is 163 Å². The number of rotatable bonds is 8. The Morgan fingerprint density at radius 3 is 2.59 bits per heavy atom. The summed E-state index contributed by atoms with van der Waals surface area (Å²) in [6, 6.07) is 3.52. The number of amides is 1. The van der Waals surface area contributed by atoms with Gasteiger partial charge in [-0.25, -0.2) is 4.79 Å². The lowest BCUT2D eigenvalue weighted by atomic mass is 10.1. The Kier molecular flexibility index (Phi) is 6.74. The zero-order valence-corrected chi connectivity index (χ0v) is 16.9. The van der Waals surface area contributed by atoms with Crippen LogP contribution in [0.3, 0.4) is 0 Å². The molecule has 0 spiro atoms. The van der Waals surface area contributed by atoms with Gasteiger partial charge in [0, 0.05) is 24.8 Å². The van der Waals surface area contributed by atoms with Crippen molar-refractivity contribution in [2.24, 2.45) is 7.05 Å². The predicted octanol–water partition coefficient (Wildman–Crippen LogP) is 3.39. The van der Waals surface area contributed by atoms with Crippen molar-refractivity contribution in [1.29, 1.82) is 0 Å². The van der Waals surface area contributed by atoms with E-state index in [1.165, 1.54) is 16.2 Å². The fourth-order valence-corrected chi connectivity index (χ4v) is 3.75. The average Bonchev–Trinajstić information content (AvgIpc) is 3.22. The van der Waals surface area contributed by atoms with Crippen LogP contribution in [0.5, 0.6) is 0 Å². The van der Waals surface area contributed by atoms with Gasteiger partial charge in [0.2, 0.25) is 0 Å². The third-order valence-corrected chi connectivity index (χ3v) is 5.24. The van der Waals surface area contributed by atoms with Gasteiger partial charge in [-0.15, -0.1) is 17.9 Å². The minimum Gasteiger partial charge on any atom is -0.461 e. The van der Waals surface area contributed by atoms with Crippen LogP contribution in [0.25, 0.3) is 0 Å². The van der Waals surface area contributed by atoms with Crippen molar-refractivity contribution in [2.75, 3.05) is 19.7 Å². The van der Waals surface area contributed by atoms with Crippen LogP contribution < -0.4 is 0 Å². The first-order valence-corrected chi connectivity index (χ1v) is 9.51. The van der Waals surface area contributed by atoms with Crippen LogP contribution in [0, 0.1) is 13.8 Å². The summed E-state index contributed by atoms with van der Waals surface area (Å²) in [5, 5.41) is 1.82. The van der Waals surface area contributed by atoms with E-state index < -0.39 is 5.97 Å². The molecule has 27 heavy (non-hydrogen) atoms. The summed E-state index contributed by atoms with van der Waals surface area (Å²) >= 11 is 1.33. The van der Waals surface area contributed by atoms with Gasteiger partial charge in [-0.05, 0) is 37.8 Å². The second-order valence-corrected chi connectivity index (χ2v) is 7.04. The molecule has 2 aromatic heterocycles. The van der Waals surface area contributed by atoms with Gasteiger partial charge in [-0.2, -0.15) is 0 Å². The zero-order valence-electron chi connectivity index (χ0n) is 16.1. The van der Waals surface area contributed by atoms with Crippen LogP contribution in [-0.4, -0.2) is 46.8 Å². The number of Topliss-reactive ketones (excluding diaryl/α,β-unsaturated/α-hetero) is 1. The molecule has 2 heterocycles. The highest BCUT2D eigenvalue weighted by atomic mass is 32.1. The Morgan fingerprint density at radius 2 is 2.04 bits per heavy atom. The first-order valence-electron chi connectivity index (χ1n) is 8.63. The molecule has 144 valence electrons. The molecule has 1 amide bonds. The molecule has 0 aromatic carbocycles. The fraction of sp³-hybridized carbons (Fsp3) is 0.350. The summed E-state index contributed by atoms with van der Waals surface area (Å²) in [5.74, 6) is -0.893. The number of carbonyl (C=O) groups is 3. The molecule has 7 heteroatoms. The van der Waals surface area contributed by atoms with Crippen LogP contribution in [0.1, 0.15) is 48.7 Å². The van der Waals surface area contributed by atoms with E-state index in [1.54, 1.807) is 50.6 Å². The Balaban J connectivity index is 2.33. The highest BCUT2D eigenvalue weighted by Crippen LogP contribution is 2.23. The molecule has 0 saturated heterocycles. The third kappa shape index (κ3) is 4.19. The molecular weight excluding hydrogens is 364 g/mol. The number of thiophene rings is 1. The van der Waals surface area contributed by atoms with Crippen molar-refractivity contribution < 1.29 is 19.1 Å². The van der Waals surface area contributed by atoms with Gasteiger partial charge in [-0.1, -0.05) is 12.1 Å². The van der Waals surface area contributed by atoms with E-state index in [4.69, 9.17) is 4.74 Å². The second kappa shape index (κ2) is 8.81.